The molecule has 9 heteroatoms. The van der Waals surface area contributed by atoms with Crippen molar-refractivity contribution < 1.29 is 18.0 Å². The number of nitrogens with zero attached hydrogens (tertiary/aromatic N) is 2. The SMILES string of the molecule is O=C(CSc1ccc(Cl)cc1)Nc1nnc(-c2ccc(F)cc2F)o1. The topological polar surface area (TPSA) is 68.0 Å². The summed E-state index contributed by atoms with van der Waals surface area (Å²) in [6.07, 6.45) is 0. The zero-order valence-corrected chi connectivity index (χ0v) is 14.1. The van der Waals surface area contributed by atoms with Crippen molar-refractivity contribution in [3.05, 3.63) is 59.1 Å². The number of benzene rings is 2. The van der Waals surface area contributed by atoms with Crippen molar-refractivity contribution in [1.82, 2.24) is 10.2 Å². The lowest BCUT2D eigenvalue weighted by molar-refractivity contribution is -0.113. The van der Waals surface area contributed by atoms with Crippen LogP contribution in [-0.2, 0) is 4.79 Å². The van der Waals surface area contributed by atoms with Crippen LogP contribution in [0.4, 0.5) is 14.8 Å². The largest absolute Gasteiger partial charge is 0.403 e. The summed E-state index contributed by atoms with van der Waals surface area (Å²) >= 11 is 7.09. The first-order chi connectivity index (χ1) is 12.0. The Labute approximate surface area is 150 Å². The van der Waals surface area contributed by atoms with E-state index >= 15 is 0 Å². The highest BCUT2D eigenvalue weighted by Crippen LogP contribution is 2.24. The third kappa shape index (κ3) is 4.55. The highest BCUT2D eigenvalue weighted by molar-refractivity contribution is 8.00. The van der Waals surface area contributed by atoms with Gasteiger partial charge in [0.15, 0.2) is 0 Å². The predicted octanol–water partition coefficient (Wildman–Crippen LogP) is 4.40. The predicted molar refractivity (Wildman–Crippen MR) is 90.5 cm³/mol. The molecule has 0 bridgehead atoms. The van der Waals surface area contributed by atoms with Crippen molar-refractivity contribution in [2.24, 2.45) is 0 Å². The summed E-state index contributed by atoms with van der Waals surface area (Å²) in [5, 5.41) is 10.3. The van der Waals surface area contributed by atoms with Crippen LogP contribution in [0, 0.1) is 11.6 Å². The second-order valence-corrected chi connectivity index (χ2v) is 6.31. The molecule has 3 rings (SSSR count). The molecule has 25 heavy (non-hydrogen) atoms. The van der Waals surface area contributed by atoms with E-state index in [0.29, 0.717) is 11.1 Å². The molecule has 1 aromatic heterocycles. The van der Waals surface area contributed by atoms with Crippen LogP contribution >= 0.6 is 23.4 Å². The van der Waals surface area contributed by atoms with Crippen LogP contribution in [0.3, 0.4) is 0 Å². The summed E-state index contributed by atoms with van der Waals surface area (Å²) < 4.78 is 31.8. The van der Waals surface area contributed by atoms with Gasteiger partial charge < -0.3 is 4.42 Å². The van der Waals surface area contributed by atoms with E-state index in [1.807, 2.05) is 0 Å². The second kappa shape index (κ2) is 7.62. The van der Waals surface area contributed by atoms with Gasteiger partial charge in [-0.1, -0.05) is 16.7 Å². The first-order valence-electron chi connectivity index (χ1n) is 6.98. The molecule has 128 valence electrons. The number of anilines is 1. The molecular weight excluding hydrogens is 372 g/mol. The molecule has 2 aromatic carbocycles. The number of amides is 1. The molecule has 0 unspecified atom stereocenters. The normalized spacial score (nSPS) is 10.7. The van der Waals surface area contributed by atoms with Gasteiger partial charge in [0.2, 0.25) is 5.91 Å². The minimum atomic E-state index is -0.833. The van der Waals surface area contributed by atoms with E-state index in [9.17, 15) is 13.6 Å². The van der Waals surface area contributed by atoms with Crippen LogP contribution in [0.25, 0.3) is 11.5 Å². The van der Waals surface area contributed by atoms with Crippen molar-refractivity contribution >= 4 is 35.3 Å². The maximum absolute atomic E-state index is 13.7. The summed E-state index contributed by atoms with van der Waals surface area (Å²) in [6, 6.07) is 9.84. The van der Waals surface area contributed by atoms with E-state index in [2.05, 4.69) is 15.5 Å². The maximum atomic E-state index is 13.7. The second-order valence-electron chi connectivity index (χ2n) is 4.83. The van der Waals surface area contributed by atoms with Crippen LogP contribution < -0.4 is 5.32 Å². The maximum Gasteiger partial charge on any atom is 0.322 e. The number of thioether (sulfide) groups is 1. The van der Waals surface area contributed by atoms with Gasteiger partial charge in [-0.05, 0) is 36.4 Å². The fourth-order valence-electron chi connectivity index (χ4n) is 1.88. The molecule has 0 radical (unpaired) electrons. The Hall–Kier alpha value is -2.45. The molecule has 5 nitrogen and oxygen atoms in total. The van der Waals surface area contributed by atoms with Crippen molar-refractivity contribution in [2.75, 3.05) is 11.1 Å². The molecule has 1 amide bonds. The third-order valence-corrected chi connectivity index (χ3v) is 4.28. The molecule has 0 saturated carbocycles. The first-order valence-corrected chi connectivity index (χ1v) is 8.35. The van der Waals surface area contributed by atoms with Crippen molar-refractivity contribution in [3.63, 3.8) is 0 Å². The number of aromatic nitrogens is 2. The van der Waals surface area contributed by atoms with E-state index in [-0.39, 0.29) is 29.1 Å². The highest BCUT2D eigenvalue weighted by Gasteiger charge is 2.15. The van der Waals surface area contributed by atoms with Gasteiger partial charge in [0, 0.05) is 16.0 Å². The molecule has 3 aromatic rings. The molecule has 0 spiro atoms. The number of halogens is 3. The molecular formula is C16H10ClF2N3O2S. The monoisotopic (exact) mass is 381 g/mol. The molecule has 0 atom stereocenters. The first kappa shape index (κ1) is 17.4. The van der Waals surface area contributed by atoms with Gasteiger partial charge >= 0.3 is 6.01 Å². The van der Waals surface area contributed by atoms with Gasteiger partial charge in [0.1, 0.15) is 11.6 Å². The molecule has 1 N–H and O–H groups in total. The number of carbonyl (C=O) groups excluding carboxylic acids is 1. The Bertz CT molecular complexity index is 903. The van der Waals surface area contributed by atoms with Gasteiger partial charge in [-0.3, -0.25) is 10.1 Å². The van der Waals surface area contributed by atoms with Crippen molar-refractivity contribution in [2.45, 2.75) is 4.90 Å². The lowest BCUT2D eigenvalue weighted by Crippen LogP contribution is -2.14. The van der Waals surface area contributed by atoms with E-state index in [0.717, 1.165) is 11.0 Å². The number of rotatable bonds is 5. The number of hydrogen-bond acceptors (Lipinski definition) is 5. The van der Waals surface area contributed by atoms with Crippen LogP contribution in [0.15, 0.2) is 51.8 Å². The smallest absolute Gasteiger partial charge is 0.322 e. The zero-order valence-electron chi connectivity index (χ0n) is 12.5. The lowest BCUT2D eigenvalue weighted by Gasteiger charge is -2.01. The molecule has 1 heterocycles. The fourth-order valence-corrected chi connectivity index (χ4v) is 2.71. The average molecular weight is 382 g/mol. The van der Waals surface area contributed by atoms with E-state index in [1.54, 1.807) is 24.3 Å². The van der Waals surface area contributed by atoms with Gasteiger partial charge in [-0.25, -0.2) is 8.78 Å². The number of carbonyl (C=O) groups is 1. The summed E-state index contributed by atoms with van der Waals surface area (Å²) in [6.45, 7) is 0. The van der Waals surface area contributed by atoms with E-state index in [1.165, 1.54) is 17.8 Å². The Morgan fingerprint density at radius 2 is 1.92 bits per heavy atom. The van der Waals surface area contributed by atoms with Gasteiger partial charge in [0.25, 0.3) is 5.89 Å². The number of nitrogens with one attached hydrogen (secondary N) is 1. The van der Waals surface area contributed by atoms with Crippen LogP contribution in [0.2, 0.25) is 5.02 Å². The quantitative estimate of drug-likeness (QED) is 0.663. The van der Waals surface area contributed by atoms with Crippen molar-refractivity contribution in [1.29, 1.82) is 0 Å². The molecule has 0 saturated heterocycles. The minimum absolute atomic E-state index is 0.0510. The Kier molecular flexibility index (Phi) is 5.30. The minimum Gasteiger partial charge on any atom is -0.403 e. The van der Waals surface area contributed by atoms with E-state index < -0.39 is 11.6 Å². The van der Waals surface area contributed by atoms with E-state index in [4.69, 9.17) is 16.0 Å². The molecule has 0 aliphatic heterocycles. The molecule has 0 aliphatic rings. The summed E-state index contributed by atoms with van der Waals surface area (Å²) in [5.41, 5.74) is -0.0510. The van der Waals surface area contributed by atoms with Crippen LogP contribution in [0.1, 0.15) is 0 Å². The lowest BCUT2D eigenvalue weighted by atomic mass is 10.2. The average Bonchev–Trinajstić information content (AvgIpc) is 3.02. The summed E-state index contributed by atoms with van der Waals surface area (Å²) in [4.78, 5) is 12.8. The van der Waals surface area contributed by atoms with Crippen molar-refractivity contribution in [3.8, 4) is 11.5 Å². The standard InChI is InChI=1S/C16H10ClF2N3O2S/c17-9-1-4-11(5-2-9)25-8-14(23)20-16-22-21-15(24-16)12-6-3-10(18)7-13(12)19/h1-7H,8H2,(H,20,22,23). The Morgan fingerprint density at radius 3 is 2.64 bits per heavy atom. The Morgan fingerprint density at radius 1 is 1.16 bits per heavy atom. The zero-order chi connectivity index (χ0) is 17.8. The van der Waals surface area contributed by atoms with Gasteiger partial charge in [0.05, 0.1) is 11.3 Å². The van der Waals surface area contributed by atoms with Crippen LogP contribution in [0.5, 0.6) is 0 Å². The highest BCUT2D eigenvalue weighted by atomic mass is 35.5. The molecule has 0 fully saturated rings. The van der Waals surface area contributed by atoms with Gasteiger partial charge in [-0.2, -0.15) is 0 Å². The molecule has 0 aliphatic carbocycles. The summed E-state index contributed by atoms with van der Waals surface area (Å²) in [7, 11) is 0. The van der Waals surface area contributed by atoms with Gasteiger partial charge in [-0.15, -0.1) is 16.9 Å². The summed E-state index contributed by atoms with van der Waals surface area (Å²) in [5.74, 6) is -1.95. The number of hydrogen-bond donors (Lipinski definition) is 1. The Balaban J connectivity index is 1.60. The van der Waals surface area contributed by atoms with Crippen LogP contribution in [-0.4, -0.2) is 21.9 Å². The fraction of sp³-hybridized carbons (Fsp3) is 0.0625. The third-order valence-electron chi connectivity index (χ3n) is 3.02.